The summed E-state index contributed by atoms with van der Waals surface area (Å²) in [6.45, 7) is 8.63. The third-order valence-electron chi connectivity index (χ3n) is 3.31. The van der Waals surface area contributed by atoms with Crippen molar-refractivity contribution in [3.8, 4) is 0 Å². The lowest BCUT2D eigenvalue weighted by molar-refractivity contribution is -0.120. The summed E-state index contributed by atoms with van der Waals surface area (Å²) < 4.78 is 0. The van der Waals surface area contributed by atoms with E-state index in [-0.39, 0.29) is 11.8 Å². The van der Waals surface area contributed by atoms with Crippen LogP contribution >= 0.6 is 0 Å². The highest BCUT2D eigenvalue weighted by atomic mass is 16.2. The van der Waals surface area contributed by atoms with Crippen LogP contribution in [0.15, 0.2) is 18.2 Å². The van der Waals surface area contributed by atoms with Gasteiger partial charge >= 0.3 is 0 Å². The number of hydrogen-bond donors (Lipinski definition) is 3. The number of amides is 2. The van der Waals surface area contributed by atoms with Crippen molar-refractivity contribution in [1.82, 2.24) is 5.32 Å². The second-order valence-corrected chi connectivity index (χ2v) is 5.55. The zero-order chi connectivity index (χ0) is 16.0. The predicted octanol–water partition coefficient (Wildman–Crippen LogP) is 2.06. The third kappa shape index (κ3) is 4.77. The molecule has 5 nitrogen and oxygen atoms in total. The largest absolute Gasteiger partial charge is 0.385 e. The molecule has 1 aromatic rings. The number of primary amides is 1. The van der Waals surface area contributed by atoms with Gasteiger partial charge in [-0.15, -0.1) is 0 Å². The minimum Gasteiger partial charge on any atom is -0.385 e. The highest BCUT2D eigenvalue weighted by molar-refractivity contribution is 5.97. The minimum absolute atomic E-state index is 0.0435. The van der Waals surface area contributed by atoms with Crippen LogP contribution in [0.3, 0.4) is 0 Å². The lowest BCUT2D eigenvalue weighted by atomic mass is 10.0. The standard InChI is InChI=1S/C16H25N3O2/c1-5-8-18-13-7-6-12(9-11(13)4)16(21)19-14(10(2)3)15(17)20/h6-7,9-10,14,18H,5,8H2,1-4H3,(H2,17,20)(H,19,21). The van der Waals surface area contributed by atoms with Gasteiger partial charge in [-0.3, -0.25) is 9.59 Å². The number of carbonyl (C=O) groups is 2. The topological polar surface area (TPSA) is 84.2 Å². The highest BCUT2D eigenvalue weighted by Crippen LogP contribution is 2.17. The molecule has 2 amide bonds. The Bertz CT molecular complexity index is 512. The van der Waals surface area contributed by atoms with Gasteiger partial charge in [0, 0.05) is 17.8 Å². The van der Waals surface area contributed by atoms with E-state index in [2.05, 4.69) is 17.6 Å². The van der Waals surface area contributed by atoms with E-state index in [0.29, 0.717) is 5.56 Å². The number of aryl methyl sites for hydroxylation is 1. The van der Waals surface area contributed by atoms with Gasteiger partial charge in [0.05, 0.1) is 0 Å². The van der Waals surface area contributed by atoms with E-state index < -0.39 is 11.9 Å². The Morgan fingerprint density at radius 2 is 1.95 bits per heavy atom. The Morgan fingerprint density at radius 3 is 2.43 bits per heavy atom. The Balaban J connectivity index is 2.83. The fraction of sp³-hybridized carbons (Fsp3) is 0.500. The predicted molar refractivity (Wildman–Crippen MR) is 85.2 cm³/mol. The summed E-state index contributed by atoms with van der Waals surface area (Å²) in [7, 11) is 0. The van der Waals surface area contributed by atoms with Gasteiger partial charge in [-0.25, -0.2) is 0 Å². The molecule has 0 aromatic heterocycles. The summed E-state index contributed by atoms with van der Waals surface area (Å²) in [5.74, 6) is -0.841. The first-order valence-electron chi connectivity index (χ1n) is 7.31. The second-order valence-electron chi connectivity index (χ2n) is 5.55. The van der Waals surface area contributed by atoms with Crippen LogP contribution in [0.25, 0.3) is 0 Å². The molecule has 5 heteroatoms. The van der Waals surface area contributed by atoms with Crippen LogP contribution in [0.2, 0.25) is 0 Å². The first kappa shape index (κ1) is 17.0. The maximum absolute atomic E-state index is 12.2. The van der Waals surface area contributed by atoms with Crippen molar-refractivity contribution in [2.24, 2.45) is 11.7 Å². The quantitative estimate of drug-likeness (QED) is 0.719. The van der Waals surface area contributed by atoms with Gasteiger partial charge < -0.3 is 16.4 Å². The lowest BCUT2D eigenvalue weighted by Crippen LogP contribution is -2.47. The van der Waals surface area contributed by atoms with Crippen LogP contribution in [0, 0.1) is 12.8 Å². The number of hydrogen-bond acceptors (Lipinski definition) is 3. The SMILES string of the molecule is CCCNc1ccc(C(=O)NC(C(N)=O)C(C)C)cc1C. The first-order valence-corrected chi connectivity index (χ1v) is 7.31. The van der Waals surface area contributed by atoms with E-state index in [1.54, 1.807) is 6.07 Å². The van der Waals surface area contributed by atoms with Crippen molar-refractivity contribution >= 4 is 17.5 Å². The average molecular weight is 291 g/mol. The highest BCUT2D eigenvalue weighted by Gasteiger charge is 2.22. The number of nitrogens with one attached hydrogen (secondary N) is 2. The fourth-order valence-electron chi connectivity index (χ4n) is 2.05. The molecule has 0 spiro atoms. The molecule has 0 fully saturated rings. The van der Waals surface area contributed by atoms with Gasteiger partial charge in [-0.05, 0) is 43.0 Å². The molecule has 0 bridgehead atoms. The van der Waals surface area contributed by atoms with E-state index in [1.807, 2.05) is 32.9 Å². The minimum atomic E-state index is -0.657. The maximum atomic E-state index is 12.2. The Hall–Kier alpha value is -2.04. The molecule has 116 valence electrons. The summed E-state index contributed by atoms with van der Waals surface area (Å²) in [4.78, 5) is 23.5. The molecule has 1 aromatic carbocycles. The van der Waals surface area contributed by atoms with E-state index in [4.69, 9.17) is 5.73 Å². The van der Waals surface area contributed by atoms with Crippen molar-refractivity contribution in [3.63, 3.8) is 0 Å². The van der Waals surface area contributed by atoms with E-state index in [9.17, 15) is 9.59 Å². The molecule has 0 saturated heterocycles. The number of rotatable bonds is 7. The van der Waals surface area contributed by atoms with E-state index in [1.165, 1.54) is 0 Å². The smallest absolute Gasteiger partial charge is 0.251 e. The summed E-state index contributed by atoms with van der Waals surface area (Å²) in [6, 6.07) is 4.79. The Labute approximate surface area is 126 Å². The molecule has 4 N–H and O–H groups in total. The Kier molecular flexibility index (Phi) is 6.21. The third-order valence-corrected chi connectivity index (χ3v) is 3.31. The molecule has 1 rings (SSSR count). The van der Waals surface area contributed by atoms with Crippen LogP contribution in [0.1, 0.15) is 43.1 Å². The summed E-state index contributed by atoms with van der Waals surface area (Å²) in [5.41, 5.74) is 7.85. The van der Waals surface area contributed by atoms with Crippen LogP contribution in [-0.4, -0.2) is 24.4 Å². The number of anilines is 1. The summed E-state index contributed by atoms with van der Waals surface area (Å²) >= 11 is 0. The van der Waals surface area contributed by atoms with Crippen molar-refractivity contribution in [1.29, 1.82) is 0 Å². The molecule has 0 aliphatic rings. The lowest BCUT2D eigenvalue weighted by Gasteiger charge is -2.19. The summed E-state index contributed by atoms with van der Waals surface area (Å²) in [6.07, 6.45) is 1.04. The van der Waals surface area contributed by atoms with Gasteiger partial charge in [0.15, 0.2) is 0 Å². The van der Waals surface area contributed by atoms with Gasteiger partial charge in [0.25, 0.3) is 5.91 Å². The zero-order valence-electron chi connectivity index (χ0n) is 13.2. The molecule has 0 aliphatic carbocycles. The van der Waals surface area contributed by atoms with E-state index in [0.717, 1.165) is 24.2 Å². The normalized spacial score (nSPS) is 12.0. The number of benzene rings is 1. The number of carbonyl (C=O) groups excluding carboxylic acids is 2. The van der Waals surface area contributed by atoms with Crippen molar-refractivity contribution in [2.45, 2.75) is 40.2 Å². The van der Waals surface area contributed by atoms with Crippen molar-refractivity contribution in [2.75, 3.05) is 11.9 Å². The molecular formula is C16H25N3O2. The number of nitrogens with two attached hydrogens (primary N) is 1. The molecule has 1 atom stereocenters. The van der Waals surface area contributed by atoms with Crippen molar-refractivity contribution in [3.05, 3.63) is 29.3 Å². The second kappa shape index (κ2) is 7.67. The molecule has 21 heavy (non-hydrogen) atoms. The van der Waals surface area contributed by atoms with Gasteiger partial charge in [-0.1, -0.05) is 20.8 Å². The molecule has 0 aliphatic heterocycles. The van der Waals surface area contributed by atoms with Crippen LogP contribution in [0.4, 0.5) is 5.69 Å². The van der Waals surface area contributed by atoms with Gasteiger partial charge in [0.1, 0.15) is 6.04 Å². The van der Waals surface area contributed by atoms with Crippen molar-refractivity contribution < 1.29 is 9.59 Å². The maximum Gasteiger partial charge on any atom is 0.251 e. The molecule has 0 radical (unpaired) electrons. The molecular weight excluding hydrogens is 266 g/mol. The monoisotopic (exact) mass is 291 g/mol. The summed E-state index contributed by atoms with van der Waals surface area (Å²) in [5, 5.41) is 5.99. The van der Waals surface area contributed by atoms with Crippen LogP contribution in [-0.2, 0) is 4.79 Å². The average Bonchev–Trinajstić information content (AvgIpc) is 2.42. The molecule has 0 saturated carbocycles. The Morgan fingerprint density at radius 1 is 1.29 bits per heavy atom. The van der Waals surface area contributed by atoms with E-state index >= 15 is 0 Å². The molecule has 0 heterocycles. The first-order chi connectivity index (χ1) is 9.86. The fourth-order valence-corrected chi connectivity index (χ4v) is 2.05. The zero-order valence-corrected chi connectivity index (χ0v) is 13.2. The van der Waals surface area contributed by atoms with Gasteiger partial charge in [-0.2, -0.15) is 0 Å². The van der Waals surface area contributed by atoms with Crippen LogP contribution < -0.4 is 16.4 Å². The van der Waals surface area contributed by atoms with Gasteiger partial charge in [0.2, 0.25) is 5.91 Å². The van der Waals surface area contributed by atoms with Crippen LogP contribution in [0.5, 0.6) is 0 Å². The molecule has 1 unspecified atom stereocenters.